The van der Waals surface area contributed by atoms with E-state index >= 15 is 0 Å². The molecule has 1 aromatic heterocycles. The summed E-state index contributed by atoms with van der Waals surface area (Å²) in [6, 6.07) is 0.839. The van der Waals surface area contributed by atoms with Gasteiger partial charge in [0, 0.05) is 38.4 Å². The summed E-state index contributed by atoms with van der Waals surface area (Å²) in [6.07, 6.45) is 13.8. The Labute approximate surface area is 156 Å². The molecule has 0 unspecified atom stereocenters. The smallest absolute Gasteiger partial charge is 0.227 e. The number of nitrogens with one attached hydrogen (secondary N) is 1. The van der Waals surface area contributed by atoms with Crippen molar-refractivity contribution in [2.75, 3.05) is 32.1 Å². The summed E-state index contributed by atoms with van der Waals surface area (Å²) < 4.78 is 7.54. The number of hydrogen-bond donors (Lipinski definition) is 1. The van der Waals surface area contributed by atoms with E-state index in [1.165, 1.54) is 38.6 Å². The van der Waals surface area contributed by atoms with Crippen LogP contribution in [0.25, 0.3) is 0 Å². The Morgan fingerprint density at radius 1 is 1.27 bits per heavy atom. The lowest BCUT2D eigenvalue weighted by molar-refractivity contribution is -0.117. The van der Waals surface area contributed by atoms with Crippen LogP contribution >= 0.6 is 0 Å². The summed E-state index contributed by atoms with van der Waals surface area (Å²) in [5.41, 5.74) is 0.830. The van der Waals surface area contributed by atoms with Gasteiger partial charge in [0.25, 0.3) is 0 Å². The van der Waals surface area contributed by atoms with Gasteiger partial charge in [-0.05, 0) is 38.0 Å². The highest BCUT2D eigenvalue weighted by molar-refractivity contribution is 5.93. The van der Waals surface area contributed by atoms with Crippen LogP contribution in [-0.2, 0) is 9.53 Å². The third-order valence-corrected chi connectivity index (χ3v) is 6.27. The maximum absolute atomic E-state index is 11.9. The molecule has 4 rings (SSSR count). The Balaban J connectivity index is 1.37. The van der Waals surface area contributed by atoms with Crippen LogP contribution in [0, 0.1) is 11.8 Å². The summed E-state index contributed by atoms with van der Waals surface area (Å²) in [6.45, 7) is 3.01. The second-order valence-electron chi connectivity index (χ2n) is 8.43. The fourth-order valence-electron chi connectivity index (χ4n) is 4.63. The molecule has 0 aromatic carbocycles. The zero-order chi connectivity index (χ0) is 17.9. The van der Waals surface area contributed by atoms with Gasteiger partial charge in [-0.2, -0.15) is 5.10 Å². The van der Waals surface area contributed by atoms with Crippen molar-refractivity contribution in [3.05, 3.63) is 12.4 Å². The van der Waals surface area contributed by atoms with Crippen LogP contribution in [-0.4, -0.2) is 53.4 Å². The number of amides is 1. The van der Waals surface area contributed by atoms with E-state index in [-0.39, 0.29) is 11.8 Å². The molecule has 1 amide bonds. The lowest BCUT2D eigenvalue weighted by Gasteiger charge is -2.30. The molecular weight excluding hydrogens is 328 g/mol. The number of hydrogen-bond acceptors (Lipinski definition) is 4. The van der Waals surface area contributed by atoms with Gasteiger partial charge in [-0.1, -0.05) is 19.3 Å². The Kier molecular flexibility index (Phi) is 5.60. The van der Waals surface area contributed by atoms with Gasteiger partial charge in [0.05, 0.1) is 24.5 Å². The minimum Gasteiger partial charge on any atom is -0.383 e. The zero-order valence-electron chi connectivity index (χ0n) is 15.9. The molecule has 1 N–H and O–H groups in total. The summed E-state index contributed by atoms with van der Waals surface area (Å²) in [5, 5.41) is 7.54. The molecule has 1 aliphatic heterocycles. The van der Waals surface area contributed by atoms with Crippen LogP contribution < -0.4 is 5.32 Å². The molecule has 0 bridgehead atoms. The van der Waals surface area contributed by atoms with Gasteiger partial charge >= 0.3 is 0 Å². The molecule has 1 aromatic rings. The number of anilines is 1. The topological polar surface area (TPSA) is 59.4 Å². The first kappa shape index (κ1) is 18.0. The fourth-order valence-corrected chi connectivity index (χ4v) is 4.63. The molecule has 3 fully saturated rings. The number of nitrogens with zero attached hydrogens (tertiary/aromatic N) is 3. The van der Waals surface area contributed by atoms with Gasteiger partial charge in [0.15, 0.2) is 0 Å². The molecule has 2 aliphatic carbocycles. The normalized spacial score (nSPS) is 27.7. The number of likely N-dealkylation sites (tertiary alicyclic amines) is 1. The number of ether oxygens (including phenoxy) is 1. The minimum absolute atomic E-state index is 0.146. The maximum atomic E-state index is 11.9. The van der Waals surface area contributed by atoms with Crippen molar-refractivity contribution >= 4 is 11.6 Å². The van der Waals surface area contributed by atoms with Gasteiger partial charge in [-0.3, -0.25) is 14.4 Å². The number of methoxy groups -OCH3 is 1. The van der Waals surface area contributed by atoms with Crippen molar-refractivity contribution in [2.24, 2.45) is 11.8 Å². The first-order valence-electron chi connectivity index (χ1n) is 10.3. The van der Waals surface area contributed by atoms with Gasteiger partial charge in [0.2, 0.25) is 5.91 Å². The van der Waals surface area contributed by atoms with Crippen LogP contribution in [0.5, 0.6) is 0 Å². The maximum Gasteiger partial charge on any atom is 0.227 e. The first-order valence-corrected chi connectivity index (χ1v) is 10.3. The van der Waals surface area contributed by atoms with Crippen molar-refractivity contribution in [1.82, 2.24) is 14.7 Å². The summed E-state index contributed by atoms with van der Waals surface area (Å²) in [7, 11) is 1.80. The lowest BCUT2D eigenvalue weighted by Crippen LogP contribution is -2.37. The summed E-state index contributed by atoms with van der Waals surface area (Å²) in [5.74, 6) is 1.21. The average molecular weight is 361 g/mol. The molecule has 6 heteroatoms. The van der Waals surface area contributed by atoms with Gasteiger partial charge in [-0.15, -0.1) is 0 Å². The second-order valence-corrected chi connectivity index (χ2v) is 8.43. The number of carbonyl (C=O) groups is 1. The molecule has 1 saturated heterocycles. The number of carbonyl (C=O) groups excluding carboxylic acids is 1. The van der Waals surface area contributed by atoms with E-state index in [1.807, 2.05) is 10.9 Å². The Hall–Kier alpha value is -1.40. The van der Waals surface area contributed by atoms with E-state index in [9.17, 15) is 4.79 Å². The Morgan fingerprint density at radius 3 is 2.81 bits per heavy atom. The van der Waals surface area contributed by atoms with Gasteiger partial charge in [0.1, 0.15) is 0 Å². The van der Waals surface area contributed by atoms with Crippen molar-refractivity contribution in [2.45, 2.75) is 63.5 Å². The van der Waals surface area contributed by atoms with E-state index in [2.05, 4.69) is 15.3 Å². The third kappa shape index (κ3) is 4.29. The van der Waals surface area contributed by atoms with Crippen molar-refractivity contribution in [3.8, 4) is 0 Å². The molecule has 2 saturated carbocycles. The second kappa shape index (κ2) is 8.09. The van der Waals surface area contributed by atoms with E-state index in [0.29, 0.717) is 12.1 Å². The van der Waals surface area contributed by atoms with E-state index in [4.69, 9.17) is 4.74 Å². The minimum atomic E-state index is 0.146. The predicted octanol–water partition coefficient (Wildman–Crippen LogP) is 3.07. The zero-order valence-corrected chi connectivity index (χ0v) is 15.9. The van der Waals surface area contributed by atoms with E-state index < -0.39 is 0 Å². The molecule has 3 aliphatic rings. The standard InChI is InChI=1S/C20H32N4O2/c1-26-14-19-9-18(13-23(19)11-15-5-3-2-4-6-15)24-12-17(10-21-24)22-20(25)16-7-8-16/h10,12,15-16,18-19H,2-9,11,13-14H2,1H3,(H,22,25)/t18-,19-/m0/s1. The SMILES string of the molecule is COC[C@@H]1C[C@H](n2cc(NC(=O)C3CC3)cn2)CN1CC1CCCCC1. The molecule has 144 valence electrons. The van der Waals surface area contributed by atoms with E-state index in [1.54, 1.807) is 13.3 Å². The van der Waals surface area contributed by atoms with Crippen LogP contribution in [0.4, 0.5) is 5.69 Å². The largest absolute Gasteiger partial charge is 0.383 e. The van der Waals surface area contributed by atoms with Crippen LogP contribution in [0.2, 0.25) is 0 Å². The highest BCUT2D eigenvalue weighted by Crippen LogP contribution is 2.33. The molecule has 2 heterocycles. The predicted molar refractivity (Wildman–Crippen MR) is 101 cm³/mol. The van der Waals surface area contributed by atoms with Gasteiger partial charge in [-0.25, -0.2) is 0 Å². The van der Waals surface area contributed by atoms with Gasteiger partial charge < -0.3 is 10.1 Å². The van der Waals surface area contributed by atoms with Crippen LogP contribution in [0.15, 0.2) is 12.4 Å². The first-order chi connectivity index (χ1) is 12.7. The summed E-state index contributed by atoms with van der Waals surface area (Å²) in [4.78, 5) is 14.6. The van der Waals surface area contributed by atoms with Crippen molar-refractivity contribution < 1.29 is 9.53 Å². The quantitative estimate of drug-likeness (QED) is 0.812. The number of aromatic nitrogens is 2. The molecule has 6 nitrogen and oxygen atoms in total. The van der Waals surface area contributed by atoms with Crippen molar-refractivity contribution in [1.29, 1.82) is 0 Å². The molecule has 26 heavy (non-hydrogen) atoms. The monoisotopic (exact) mass is 360 g/mol. The number of rotatable bonds is 7. The molecule has 2 atom stereocenters. The molecular formula is C20H32N4O2. The van der Waals surface area contributed by atoms with E-state index in [0.717, 1.165) is 44.0 Å². The van der Waals surface area contributed by atoms with Crippen LogP contribution in [0.1, 0.15) is 57.4 Å². The third-order valence-electron chi connectivity index (χ3n) is 6.27. The average Bonchev–Trinajstić information content (AvgIpc) is 3.29. The fraction of sp³-hybridized carbons (Fsp3) is 0.800. The Bertz CT molecular complexity index is 607. The lowest BCUT2D eigenvalue weighted by atomic mass is 9.89. The highest BCUT2D eigenvalue weighted by Gasteiger charge is 2.35. The Morgan fingerprint density at radius 2 is 2.08 bits per heavy atom. The summed E-state index contributed by atoms with van der Waals surface area (Å²) >= 11 is 0. The molecule has 0 spiro atoms. The van der Waals surface area contributed by atoms with Crippen molar-refractivity contribution in [3.63, 3.8) is 0 Å². The highest BCUT2D eigenvalue weighted by atomic mass is 16.5. The van der Waals surface area contributed by atoms with Crippen LogP contribution in [0.3, 0.4) is 0 Å². The molecule has 0 radical (unpaired) electrons.